The van der Waals surface area contributed by atoms with Crippen molar-refractivity contribution in [1.29, 1.82) is 0 Å². The molecule has 19 heavy (non-hydrogen) atoms. The lowest BCUT2D eigenvalue weighted by molar-refractivity contribution is 0.524. The van der Waals surface area contributed by atoms with Crippen molar-refractivity contribution in [2.24, 2.45) is 0 Å². The van der Waals surface area contributed by atoms with Crippen molar-refractivity contribution in [3.05, 3.63) is 65.5 Å². The SMILES string of the molecule is CC(C)(C)c1c(F)cccc1NCc1ccccc1. The van der Waals surface area contributed by atoms with Crippen LogP contribution in [0.25, 0.3) is 0 Å². The van der Waals surface area contributed by atoms with Gasteiger partial charge < -0.3 is 5.32 Å². The summed E-state index contributed by atoms with van der Waals surface area (Å²) in [6.45, 7) is 6.78. The van der Waals surface area contributed by atoms with E-state index in [1.54, 1.807) is 6.07 Å². The van der Waals surface area contributed by atoms with E-state index in [1.807, 2.05) is 45.0 Å². The van der Waals surface area contributed by atoms with Gasteiger partial charge in [-0.1, -0.05) is 57.2 Å². The number of benzene rings is 2. The Hall–Kier alpha value is -1.83. The van der Waals surface area contributed by atoms with Crippen LogP contribution in [0.3, 0.4) is 0 Å². The van der Waals surface area contributed by atoms with Crippen LogP contribution in [0, 0.1) is 5.82 Å². The Labute approximate surface area is 114 Å². The molecule has 0 aliphatic heterocycles. The van der Waals surface area contributed by atoms with Crippen LogP contribution in [-0.4, -0.2) is 0 Å². The van der Waals surface area contributed by atoms with Gasteiger partial charge in [0, 0.05) is 17.8 Å². The first-order chi connectivity index (χ1) is 8.98. The first-order valence-corrected chi connectivity index (χ1v) is 6.55. The van der Waals surface area contributed by atoms with Gasteiger partial charge in [0.25, 0.3) is 0 Å². The van der Waals surface area contributed by atoms with Crippen molar-refractivity contribution in [3.63, 3.8) is 0 Å². The van der Waals surface area contributed by atoms with Crippen molar-refractivity contribution >= 4 is 5.69 Å². The molecule has 0 bridgehead atoms. The molecule has 2 aromatic carbocycles. The molecule has 0 amide bonds. The average Bonchev–Trinajstić information content (AvgIpc) is 2.36. The van der Waals surface area contributed by atoms with Crippen LogP contribution in [-0.2, 0) is 12.0 Å². The summed E-state index contributed by atoms with van der Waals surface area (Å²) in [5.74, 6) is -0.148. The predicted molar refractivity (Wildman–Crippen MR) is 78.9 cm³/mol. The summed E-state index contributed by atoms with van der Waals surface area (Å²) in [6.07, 6.45) is 0. The van der Waals surface area contributed by atoms with E-state index < -0.39 is 0 Å². The molecule has 0 saturated carbocycles. The van der Waals surface area contributed by atoms with Gasteiger partial charge in [-0.25, -0.2) is 4.39 Å². The van der Waals surface area contributed by atoms with Gasteiger partial charge in [0.15, 0.2) is 0 Å². The summed E-state index contributed by atoms with van der Waals surface area (Å²) in [7, 11) is 0. The average molecular weight is 257 g/mol. The monoisotopic (exact) mass is 257 g/mol. The molecule has 0 aliphatic rings. The molecule has 0 fully saturated rings. The van der Waals surface area contributed by atoms with Crippen molar-refractivity contribution < 1.29 is 4.39 Å². The summed E-state index contributed by atoms with van der Waals surface area (Å²) in [6, 6.07) is 15.3. The Balaban J connectivity index is 2.24. The summed E-state index contributed by atoms with van der Waals surface area (Å²) >= 11 is 0. The van der Waals surface area contributed by atoms with E-state index in [0.29, 0.717) is 6.54 Å². The maximum Gasteiger partial charge on any atom is 0.128 e. The summed E-state index contributed by atoms with van der Waals surface area (Å²) in [5.41, 5.74) is 2.58. The van der Waals surface area contributed by atoms with Gasteiger partial charge in [-0.2, -0.15) is 0 Å². The Morgan fingerprint density at radius 1 is 0.947 bits per heavy atom. The standard InChI is InChI=1S/C17H20FN/c1-17(2,3)16-14(18)10-7-11-15(16)19-12-13-8-5-4-6-9-13/h4-11,19H,12H2,1-3H3. The molecule has 2 rings (SSSR count). The van der Waals surface area contributed by atoms with Crippen molar-refractivity contribution in [2.75, 3.05) is 5.32 Å². The predicted octanol–water partition coefficient (Wildman–Crippen LogP) is 4.74. The molecule has 0 spiro atoms. The van der Waals surface area contributed by atoms with Crippen LogP contribution in [0.2, 0.25) is 0 Å². The molecule has 2 aromatic rings. The van der Waals surface area contributed by atoms with Crippen molar-refractivity contribution in [3.8, 4) is 0 Å². The zero-order chi connectivity index (χ0) is 13.9. The fraction of sp³-hybridized carbons (Fsp3) is 0.294. The minimum absolute atomic E-state index is 0.148. The largest absolute Gasteiger partial charge is 0.381 e. The van der Waals surface area contributed by atoms with Crippen LogP contribution < -0.4 is 5.32 Å². The Bertz CT molecular complexity index is 541. The quantitative estimate of drug-likeness (QED) is 0.837. The number of rotatable bonds is 3. The molecule has 0 heterocycles. The van der Waals surface area contributed by atoms with E-state index in [-0.39, 0.29) is 11.2 Å². The van der Waals surface area contributed by atoms with Crippen molar-refractivity contribution in [1.82, 2.24) is 0 Å². The number of hydrogen-bond acceptors (Lipinski definition) is 1. The van der Waals surface area contributed by atoms with E-state index in [1.165, 1.54) is 11.6 Å². The van der Waals surface area contributed by atoms with E-state index in [0.717, 1.165) is 11.3 Å². The molecule has 2 heteroatoms. The van der Waals surface area contributed by atoms with Gasteiger partial charge in [0.1, 0.15) is 5.82 Å². The zero-order valence-electron chi connectivity index (χ0n) is 11.7. The second-order valence-electron chi connectivity index (χ2n) is 5.75. The number of hydrogen-bond donors (Lipinski definition) is 1. The van der Waals surface area contributed by atoms with Crippen LogP contribution in [0.4, 0.5) is 10.1 Å². The third-order valence-electron chi connectivity index (χ3n) is 3.09. The first kappa shape index (κ1) is 13.6. The zero-order valence-corrected chi connectivity index (χ0v) is 11.7. The lowest BCUT2D eigenvalue weighted by Gasteiger charge is -2.24. The first-order valence-electron chi connectivity index (χ1n) is 6.55. The highest BCUT2D eigenvalue weighted by atomic mass is 19.1. The van der Waals surface area contributed by atoms with Gasteiger partial charge in [-0.05, 0) is 23.1 Å². The molecule has 0 aromatic heterocycles. The van der Waals surface area contributed by atoms with Crippen LogP contribution in [0.1, 0.15) is 31.9 Å². The smallest absolute Gasteiger partial charge is 0.128 e. The fourth-order valence-corrected chi connectivity index (χ4v) is 2.23. The number of nitrogens with one attached hydrogen (secondary N) is 1. The normalized spacial score (nSPS) is 11.4. The van der Waals surface area contributed by atoms with Gasteiger partial charge in [0.2, 0.25) is 0 Å². The number of halogens is 1. The highest BCUT2D eigenvalue weighted by molar-refractivity contribution is 5.55. The van der Waals surface area contributed by atoms with Crippen LogP contribution in [0.5, 0.6) is 0 Å². The molecule has 0 atom stereocenters. The van der Waals surface area contributed by atoms with Gasteiger partial charge in [-0.3, -0.25) is 0 Å². The topological polar surface area (TPSA) is 12.0 Å². The summed E-state index contributed by atoms with van der Waals surface area (Å²) in [4.78, 5) is 0. The third-order valence-corrected chi connectivity index (χ3v) is 3.09. The highest BCUT2D eigenvalue weighted by Crippen LogP contribution is 2.32. The Morgan fingerprint density at radius 2 is 1.63 bits per heavy atom. The maximum atomic E-state index is 14.0. The Morgan fingerprint density at radius 3 is 2.26 bits per heavy atom. The molecule has 1 N–H and O–H groups in total. The molecule has 1 nitrogen and oxygen atoms in total. The van der Waals surface area contributed by atoms with Crippen molar-refractivity contribution in [2.45, 2.75) is 32.7 Å². The second kappa shape index (κ2) is 5.43. The lowest BCUT2D eigenvalue weighted by Crippen LogP contribution is -2.17. The third kappa shape index (κ3) is 3.34. The molecular formula is C17H20FN. The van der Waals surface area contributed by atoms with Gasteiger partial charge in [0.05, 0.1) is 0 Å². The van der Waals surface area contributed by atoms with E-state index in [4.69, 9.17) is 0 Å². The summed E-state index contributed by atoms with van der Waals surface area (Å²) < 4.78 is 14.0. The molecule has 0 unspecified atom stereocenters. The molecule has 100 valence electrons. The van der Waals surface area contributed by atoms with E-state index >= 15 is 0 Å². The lowest BCUT2D eigenvalue weighted by atomic mass is 9.85. The van der Waals surface area contributed by atoms with Crippen LogP contribution in [0.15, 0.2) is 48.5 Å². The Kier molecular flexibility index (Phi) is 3.89. The minimum Gasteiger partial charge on any atom is -0.381 e. The molecule has 0 saturated heterocycles. The molecular weight excluding hydrogens is 237 g/mol. The molecule has 0 radical (unpaired) electrons. The fourth-order valence-electron chi connectivity index (χ4n) is 2.23. The minimum atomic E-state index is -0.218. The highest BCUT2D eigenvalue weighted by Gasteiger charge is 2.21. The molecule has 0 aliphatic carbocycles. The number of anilines is 1. The van der Waals surface area contributed by atoms with E-state index in [2.05, 4.69) is 17.4 Å². The van der Waals surface area contributed by atoms with Gasteiger partial charge in [-0.15, -0.1) is 0 Å². The summed E-state index contributed by atoms with van der Waals surface area (Å²) in [5, 5.41) is 3.34. The van der Waals surface area contributed by atoms with E-state index in [9.17, 15) is 4.39 Å². The maximum absolute atomic E-state index is 14.0. The second-order valence-corrected chi connectivity index (χ2v) is 5.75. The van der Waals surface area contributed by atoms with Crippen LogP contribution >= 0.6 is 0 Å². The van der Waals surface area contributed by atoms with Gasteiger partial charge >= 0.3 is 0 Å².